The van der Waals surface area contributed by atoms with Crippen molar-refractivity contribution in [1.29, 1.82) is 0 Å². The van der Waals surface area contributed by atoms with Crippen LogP contribution in [0.25, 0.3) is 0 Å². The van der Waals surface area contributed by atoms with Crippen LogP contribution >= 0.6 is 23.2 Å². The molecule has 0 unspecified atom stereocenters. The molecule has 2 aromatic rings. The van der Waals surface area contributed by atoms with Gasteiger partial charge in [0.2, 0.25) is 5.88 Å². The molecule has 0 bridgehead atoms. The van der Waals surface area contributed by atoms with Crippen molar-refractivity contribution in [2.24, 2.45) is 0 Å². The van der Waals surface area contributed by atoms with Crippen molar-refractivity contribution >= 4 is 23.2 Å². The molecule has 0 spiro atoms. The van der Waals surface area contributed by atoms with E-state index in [0.29, 0.717) is 16.6 Å². The molecule has 0 aliphatic rings. The molecule has 0 aliphatic carbocycles. The SMILES string of the molecule is Cc1ccc(Oc2ccc(Cl)c(CCl)n2)c(C(C)(C)C)c1. The smallest absolute Gasteiger partial charge is 0.219 e. The maximum atomic E-state index is 6.02. The predicted octanol–water partition coefficient (Wildman–Crippen LogP) is 5.87. The minimum absolute atomic E-state index is 0.0108. The molecule has 1 heterocycles. The largest absolute Gasteiger partial charge is 0.439 e. The quantitative estimate of drug-likeness (QED) is 0.659. The summed E-state index contributed by atoms with van der Waals surface area (Å²) >= 11 is 11.9. The van der Waals surface area contributed by atoms with Gasteiger partial charge >= 0.3 is 0 Å². The molecule has 2 rings (SSSR count). The Morgan fingerprint density at radius 1 is 1.14 bits per heavy atom. The number of rotatable bonds is 3. The van der Waals surface area contributed by atoms with Crippen LogP contribution in [0.5, 0.6) is 11.6 Å². The highest BCUT2D eigenvalue weighted by Gasteiger charge is 2.20. The molecular weight excluding hydrogens is 305 g/mol. The second-order valence-electron chi connectivity index (χ2n) is 6.06. The predicted molar refractivity (Wildman–Crippen MR) is 88.8 cm³/mol. The van der Waals surface area contributed by atoms with E-state index in [1.807, 2.05) is 12.1 Å². The number of benzene rings is 1. The third kappa shape index (κ3) is 3.90. The van der Waals surface area contributed by atoms with Gasteiger partial charge in [-0.2, -0.15) is 0 Å². The molecule has 4 heteroatoms. The van der Waals surface area contributed by atoms with Crippen LogP contribution in [0.3, 0.4) is 0 Å². The first-order valence-electron chi connectivity index (χ1n) is 6.81. The fraction of sp³-hybridized carbons (Fsp3) is 0.353. The zero-order valence-corrected chi connectivity index (χ0v) is 14.2. The van der Waals surface area contributed by atoms with Crippen LogP contribution in [-0.4, -0.2) is 4.98 Å². The van der Waals surface area contributed by atoms with E-state index in [1.54, 1.807) is 12.1 Å². The van der Waals surface area contributed by atoms with Crippen molar-refractivity contribution < 1.29 is 4.74 Å². The molecule has 0 fully saturated rings. The van der Waals surface area contributed by atoms with E-state index in [-0.39, 0.29) is 11.3 Å². The van der Waals surface area contributed by atoms with Gasteiger partial charge in [0.15, 0.2) is 0 Å². The van der Waals surface area contributed by atoms with Crippen molar-refractivity contribution in [2.45, 2.75) is 39.0 Å². The average Bonchev–Trinajstić information content (AvgIpc) is 2.41. The van der Waals surface area contributed by atoms with E-state index in [9.17, 15) is 0 Å². The highest BCUT2D eigenvalue weighted by atomic mass is 35.5. The van der Waals surface area contributed by atoms with Crippen LogP contribution in [0.2, 0.25) is 5.02 Å². The first-order valence-corrected chi connectivity index (χ1v) is 7.73. The number of aryl methyl sites for hydroxylation is 1. The van der Waals surface area contributed by atoms with E-state index in [4.69, 9.17) is 27.9 Å². The lowest BCUT2D eigenvalue weighted by Crippen LogP contribution is -2.13. The van der Waals surface area contributed by atoms with Gasteiger partial charge < -0.3 is 4.74 Å². The molecule has 0 saturated carbocycles. The first kappa shape index (κ1) is 16.1. The Bertz CT molecular complexity index is 648. The van der Waals surface area contributed by atoms with Gasteiger partial charge in [-0.1, -0.05) is 50.1 Å². The molecule has 0 radical (unpaired) electrons. The Hall–Kier alpha value is -1.25. The number of alkyl halides is 1. The first-order chi connectivity index (χ1) is 9.81. The number of hydrogen-bond acceptors (Lipinski definition) is 2. The fourth-order valence-corrected chi connectivity index (χ4v) is 2.49. The highest BCUT2D eigenvalue weighted by molar-refractivity contribution is 6.32. The number of ether oxygens (including phenoxy) is 1. The fourth-order valence-electron chi connectivity index (χ4n) is 2.05. The van der Waals surface area contributed by atoms with Crippen LogP contribution in [0.1, 0.15) is 37.6 Å². The summed E-state index contributed by atoms with van der Waals surface area (Å²) in [5, 5.41) is 0.553. The lowest BCUT2D eigenvalue weighted by Gasteiger charge is -2.23. The minimum atomic E-state index is -0.0108. The summed E-state index contributed by atoms with van der Waals surface area (Å²) in [4.78, 5) is 4.35. The zero-order chi connectivity index (χ0) is 15.6. The van der Waals surface area contributed by atoms with Crippen molar-refractivity contribution in [2.75, 3.05) is 0 Å². The number of hydrogen-bond donors (Lipinski definition) is 0. The van der Waals surface area contributed by atoms with Crippen LogP contribution in [0.15, 0.2) is 30.3 Å². The molecule has 0 amide bonds. The summed E-state index contributed by atoms with van der Waals surface area (Å²) in [6.45, 7) is 8.56. The summed E-state index contributed by atoms with van der Waals surface area (Å²) in [6, 6.07) is 9.67. The minimum Gasteiger partial charge on any atom is -0.439 e. The van der Waals surface area contributed by atoms with Gasteiger partial charge in [-0.15, -0.1) is 11.6 Å². The molecule has 0 saturated heterocycles. The van der Waals surface area contributed by atoms with E-state index < -0.39 is 0 Å². The van der Waals surface area contributed by atoms with Crippen molar-refractivity contribution in [3.8, 4) is 11.6 Å². The third-order valence-corrected chi connectivity index (χ3v) is 3.77. The van der Waals surface area contributed by atoms with Gasteiger partial charge in [0, 0.05) is 11.6 Å². The molecule has 112 valence electrons. The normalized spacial score (nSPS) is 11.5. The summed E-state index contributed by atoms with van der Waals surface area (Å²) in [5.74, 6) is 1.57. The van der Waals surface area contributed by atoms with Gasteiger partial charge in [0.05, 0.1) is 16.6 Å². The monoisotopic (exact) mass is 323 g/mol. The molecule has 0 N–H and O–H groups in total. The molecule has 2 nitrogen and oxygen atoms in total. The second kappa shape index (κ2) is 6.25. The Labute approximate surface area is 136 Å². The topological polar surface area (TPSA) is 22.1 Å². The summed E-state index contributed by atoms with van der Waals surface area (Å²) in [5.41, 5.74) is 2.97. The van der Waals surface area contributed by atoms with Crippen LogP contribution in [0, 0.1) is 6.92 Å². The van der Waals surface area contributed by atoms with Gasteiger partial charge in [-0.25, -0.2) is 4.98 Å². The molecular formula is C17H19Cl2NO. The summed E-state index contributed by atoms with van der Waals surface area (Å²) in [7, 11) is 0. The van der Waals surface area contributed by atoms with Gasteiger partial charge in [0.1, 0.15) is 5.75 Å². The second-order valence-corrected chi connectivity index (χ2v) is 6.74. The molecule has 1 aromatic heterocycles. The maximum absolute atomic E-state index is 6.02. The van der Waals surface area contributed by atoms with Gasteiger partial charge in [-0.3, -0.25) is 0 Å². The van der Waals surface area contributed by atoms with E-state index >= 15 is 0 Å². The Kier molecular flexibility index (Phi) is 4.80. The molecule has 0 aliphatic heterocycles. The lowest BCUT2D eigenvalue weighted by molar-refractivity contribution is 0.438. The number of halogens is 2. The summed E-state index contributed by atoms with van der Waals surface area (Å²) < 4.78 is 5.96. The zero-order valence-electron chi connectivity index (χ0n) is 12.7. The van der Waals surface area contributed by atoms with Crippen molar-refractivity contribution in [3.63, 3.8) is 0 Å². The number of pyridine rings is 1. The Morgan fingerprint density at radius 2 is 1.86 bits per heavy atom. The third-order valence-electron chi connectivity index (χ3n) is 3.18. The van der Waals surface area contributed by atoms with E-state index in [1.165, 1.54) is 5.56 Å². The number of nitrogens with zero attached hydrogens (tertiary/aromatic N) is 1. The van der Waals surface area contributed by atoms with Crippen LogP contribution in [0.4, 0.5) is 0 Å². The Balaban J connectivity index is 2.40. The van der Waals surface area contributed by atoms with E-state index in [0.717, 1.165) is 11.3 Å². The highest BCUT2D eigenvalue weighted by Crippen LogP contribution is 2.34. The van der Waals surface area contributed by atoms with Crippen LogP contribution < -0.4 is 4.74 Å². The Morgan fingerprint density at radius 3 is 2.48 bits per heavy atom. The average molecular weight is 324 g/mol. The molecule has 1 aromatic carbocycles. The number of aromatic nitrogens is 1. The summed E-state index contributed by atoms with van der Waals surface area (Å²) in [6.07, 6.45) is 0. The lowest BCUT2D eigenvalue weighted by atomic mass is 9.85. The maximum Gasteiger partial charge on any atom is 0.219 e. The molecule has 21 heavy (non-hydrogen) atoms. The van der Waals surface area contributed by atoms with Crippen molar-refractivity contribution in [1.82, 2.24) is 4.98 Å². The molecule has 0 atom stereocenters. The van der Waals surface area contributed by atoms with E-state index in [2.05, 4.69) is 38.7 Å². The standard InChI is InChI=1S/C17H19Cl2NO/c1-11-5-7-15(12(9-11)17(2,3)4)21-16-8-6-13(19)14(10-18)20-16/h5-9H,10H2,1-4H3. The van der Waals surface area contributed by atoms with Crippen LogP contribution in [-0.2, 0) is 11.3 Å². The van der Waals surface area contributed by atoms with Gasteiger partial charge in [0.25, 0.3) is 0 Å². The van der Waals surface area contributed by atoms with Gasteiger partial charge in [-0.05, 0) is 24.5 Å². The van der Waals surface area contributed by atoms with Crippen molar-refractivity contribution in [3.05, 3.63) is 52.2 Å².